The zero-order chi connectivity index (χ0) is 15.3. The first-order chi connectivity index (χ1) is 10.0. The van der Waals surface area contributed by atoms with Gasteiger partial charge in [0.05, 0.1) is 16.8 Å². The van der Waals surface area contributed by atoms with Gasteiger partial charge in [0, 0.05) is 6.04 Å². The number of aromatic nitrogens is 2. The highest BCUT2D eigenvalue weighted by molar-refractivity contribution is 7.20. The molecule has 0 aliphatic heterocycles. The molecule has 3 rings (SSSR count). The average molecular weight is 310 g/mol. The minimum Gasteiger partial charge on any atom is -0.297 e. The quantitative estimate of drug-likeness (QED) is 0.810. The van der Waals surface area contributed by atoms with Crippen LogP contribution in [0.2, 0.25) is 0 Å². The molecule has 1 fully saturated rings. The van der Waals surface area contributed by atoms with E-state index in [0.717, 1.165) is 17.8 Å². The summed E-state index contributed by atoms with van der Waals surface area (Å²) in [6.07, 6.45) is 1.45. The molecule has 21 heavy (non-hydrogen) atoms. The molecule has 1 saturated carbocycles. The zero-order valence-electron chi connectivity index (χ0n) is 11.8. The summed E-state index contributed by atoms with van der Waals surface area (Å²) in [6, 6.07) is -0.112. The van der Waals surface area contributed by atoms with Gasteiger partial charge in [-0.3, -0.25) is 18.7 Å². The van der Waals surface area contributed by atoms with E-state index in [1.165, 1.54) is 9.13 Å². The molecule has 5 nitrogen and oxygen atoms in total. The van der Waals surface area contributed by atoms with Crippen LogP contribution in [-0.2, 0) is 6.54 Å². The average Bonchev–Trinajstić information content (AvgIpc) is 3.05. The molecule has 7 heteroatoms. The van der Waals surface area contributed by atoms with E-state index in [0.29, 0.717) is 26.9 Å². The fourth-order valence-electron chi connectivity index (χ4n) is 2.73. The van der Waals surface area contributed by atoms with E-state index >= 15 is 0 Å². The summed E-state index contributed by atoms with van der Waals surface area (Å²) < 4.78 is 15.3. The third kappa shape index (κ3) is 1.98. The summed E-state index contributed by atoms with van der Waals surface area (Å²) >= 11 is 1.08. The maximum absolute atomic E-state index is 12.8. The van der Waals surface area contributed by atoms with Crippen molar-refractivity contribution in [2.75, 3.05) is 6.67 Å². The van der Waals surface area contributed by atoms with Gasteiger partial charge in [-0.1, -0.05) is 6.92 Å². The standard InChI is InChI=1S/C14H15FN2O3S/c1-7-5-9(7)17-12(19)11-8(2)10(6-18)21-13(11)16(4-3-15)14(17)20/h6-7,9H,3-5H2,1-2H3/t7-,9-/m0/s1. The Morgan fingerprint density at radius 1 is 1.43 bits per heavy atom. The lowest BCUT2D eigenvalue weighted by atomic mass is 10.2. The van der Waals surface area contributed by atoms with Crippen LogP contribution in [0.25, 0.3) is 10.2 Å². The first-order valence-electron chi connectivity index (χ1n) is 6.80. The van der Waals surface area contributed by atoms with Gasteiger partial charge in [0.15, 0.2) is 6.29 Å². The minimum atomic E-state index is -0.694. The molecule has 0 N–H and O–H groups in total. The lowest BCUT2D eigenvalue weighted by Gasteiger charge is -2.10. The molecule has 2 aromatic rings. The van der Waals surface area contributed by atoms with Crippen molar-refractivity contribution in [3.05, 3.63) is 31.3 Å². The predicted octanol–water partition coefficient (Wildman–Crippen LogP) is 1.90. The van der Waals surface area contributed by atoms with Crippen molar-refractivity contribution in [2.24, 2.45) is 5.92 Å². The predicted molar refractivity (Wildman–Crippen MR) is 79.3 cm³/mol. The van der Waals surface area contributed by atoms with E-state index < -0.39 is 12.4 Å². The SMILES string of the molecule is Cc1c(C=O)sc2c1c(=O)n([C@H]1C[C@@H]1C)c(=O)n2CCF. The molecule has 2 atom stereocenters. The summed E-state index contributed by atoms with van der Waals surface area (Å²) in [5, 5.41) is 0.370. The van der Waals surface area contributed by atoms with E-state index in [9.17, 15) is 18.8 Å². The van der Waals surface area contributed by atoms with Gasteiger partial charge < -0.3 is 0 Å². The molecule has 112 valence electrons. The normalized spacial score (nSPS) is 20.9. The fourth-order valence-corrected chi connectivity index (χ4v) is 3.86. The molecule has 0 saturated heterocycles. The van der Waals surface area contributed by atoms with Gasteiger partial charge in [-0.05, 0) is 24.8 Å². The molecule has 0 aromatic carbocycles. The topological polar surface area (TPSA) is 61.1 Å². The van der Waals surface area contributed by atoms with Crippen LogP contribution >= 0.6 is 11.3 Å². The Labute approximate surface area is 123 Å². The fraction of sp³-hybridized carbons (Fsp3) is 0.500. The van der Waals surface area contributed by atoms with Crippen LogP contribution in [0.15, 0.2) is 9.59 Å². The number of nitrogens with zero attached hydrogens (tertiary/aromatic N) is 2. The molecule has 2 aromatic heterocycles. The molecule has 0 radical (unpaired) electrons. The van der Waals surface area contributed by atoms with Crippen LogP contribution in [0.5, 0.6) is 0 Å². The van der Waals surface area contributed by atoms with Crippen LogP contribution in [0.1, 0.15) is 34.6 Å². The third-order valence-electron chi connectivity index (χ3n) is 4.09. The van der Waals surface area contributed by atoms with Gasteiger partial charge in [-0.2, -0.15) is 0 Å². The van der Waals surface area contributed by atoms with Crippen molar-refractivity contribution < 1.29 is 9.18 Å². The van der Waals surface area contributed by atoms with Crippen LogP contribution in [-0.4, -0.2) is 22.1 Å². The smallest absolute Gasteiger partial charge is 0.297 e. The molecular weight excluding hydrogens is 295 g/mol. The van der Waals surface area contributed by atoms with E-state index in [2.05, 4.69) is 0 Å². The van der Waals surface area contributed by atoms with Gasteiger partial charge in [-0.25, -0.2) is 9.18 Å². The van der Waals surface area contributed by atoms with Crippen LogP contribution in [0, 0.1) is 12.8 Å². The number of thiophene rings is 1. The lowest BCUT2D eigenvalue weighted by Crippen LogP contribution is -2.40. The van der Waals surface area contributed by atoms with Crippen LogP contribution in [0.4, 0.5) is 4.39 Å². The third-order valence-corrected chi connectivity index (χ3v) is 5.33. The van der Waals surface area contributed by atoms with Gasteiger partial charge in [0.25, 0.3) is 5.56 Å². The van der Waals surface area contributed by atoms with E-state index in [4.69, 9.17) is 0 Å². The largest absolute Gasteiger partial charge is 0.332 e. The van der Waals surface area contributed by atoms with Crippen LogP contribution in [0.3, 0.4) is 0 Å². The number of hydrogen-bond acceptors (Lipinski definition) is 4. The number of aldehydes is 1. The van der Waals surface area contributed by atoms with E-state index in [1.54, 1.807) is 6.92 Å². The second-order valence-electron chi connectivity index (χ2n) is 5.47. The highest BCUT2D eigenvalue weighted by Gasteiger charge is 2.38. The molecule has 0 bridgehead atoms. The number of carbonyl (C=O) groups is 1. The number of carbonyl (C=O) groups excluding carboxylic acids is 1. The lowest BCUT2D eigenvalue weighted by molar-refractivity contribution is 0.112. The Bertz CT molecular complexity index is 848. The van der Waals surface area contributed by atoms with Gasteiger partial charge in [0.2, 0.25) is 0 Å². The van der Waals surface area contributed by atoms with E-state index in [-0.39, 0.29) is 24.1 Å². The second-order valence-corrected chi connectivity index (χ2v) is 6.50. The van der Waals surface area contributed by atoms with Crippen molar-refractivity contribution in [3.63, 3.8) is 0 Å². The summed E-state index contributed by atoms with van der Waals surface area (Å²) in [5.41, 5.74) is -0.260. The maximum atomic E-state index is 12.8. The first kappa shape index (κ1) is 14.2. The first-order valence-corrected chi connectivity index (χ1v) is 7.62. The number of aryl methyl sites for hydroxylation is 2. The maximum Gasteiger partial charge on any atom is 0.332 e. The monoisotopic (exact) mass is 310 g/mol. The van der Waals surface area contributed by atoms with Crippen molar-refractivity contribution in [2.45, 2.75) is 32.9 Å². The number of halogens is 1. The van der Waals surface area contributed by atoms with Gasteiger partial charge >= 0.3 is 5.69 Å². The summed E-state index contributed by atoms with van der Waals surface area (Å²) in [5.74, 6) is 0.274. The minimum absolute atomic E-state index is 0.102. The molecule has 1 aliphatic rings. The Hall–Kier alpha value is -1.76. The van der Waals surface area contributed by atoms with Crippen molar-refractivity contribution in [1.29, 1.82) is 0 Å². The summed E-state index contributed by atoms with van der Waals surface area (Å²) in [7, 11) is 0. The highest BCUT2D eigenvalue weighted by Crippen LogP contribution is 2.41. The molecule has 2 heterocycles. The van der Waals surface area contributed by atoms with Crippen molar-refractivity contribution in [1.82, 2.24) is 9.13 Å². The number of hydrogen-bond donors (Lipinski definition) is 0. The molecular formula is C14H15FN2O3S. The number of fused-ring (bicyclic) bond motifs is 1. The second kappa shape index (κ2) is 4.91. The Balaban J connectivity index is 2.44. The molecule has 1 aliphatic carbocycles. The van der Waals surface area contributed by atoms with Gasteiger partial charge in [0.1, 0.15) is 11.5 Å². The number of rotatable bonds is 4. The molecule has 0 spiro atoms. The van der Waals surface area contributed by atoms with E-state index in [1.807, 2.05) is 6.92 Å². The Morgan fingerprint density at radius 3 is 2.62 bits per heavy atom. The summed E-state index contributed by atoms with van der Waals surface area (Å²) in [6.45, 7) is 2.86. The Morgan fingerprint density at radius 2 is 2.10 bits per heavy atom. The van der Waals surface area contributed by atoms with Crippen molar-refractivity contribution in [3.8, 4) is 0 Å². The number of alkyl halides is 1. The van der Waals surface area contributed by atoms with Crippen LogP contribution < -0.4 is 11.2 Å². The Kier molecular flexibility index (Phi) is 3.32. The molecule has 0 amide bonds. The van der Waals surface area contributed by atoms with Crippen molar-refractivity contribution >= 4 is 27.8 Å². The summed E-state index contributed by atoms with van der Waals surface area (Å²) in [4.78, 5) is 37.0. The molecule has 0 unspecified atom stereocenters. The van der Waals surface area contributed by atoms with Gasteiger partial charge in [-0.15, -0.1) is 11.3 Å². The zero-order valence-corrected chi connectivity index (χ0v) is 12.6. The highest BCUT2D eigenvalue weighted by atomic mass is 32.1.